The van der Waals surface area contributed by atoms with E-state index in [4.69, 9.17) is 4.74 Å². The van der Waals surface area contributed by atoms with Crippen molar-refractivity contribution in [3.8, 4) is 0 Å². The highest BCUT2D eigenvalue weighted by molar-refractivity contribution is 5.80. The summed E-state index contributed by atoms with van der Waals surface area (Å²) in [7, 11) is 0. The first-order chi connectivity index (χ1) is 12.1. The number of aliphatic hydroxyl groups excluding tert-OH is 1. The largest absolute Gasteiger partial charge is 0.393 e. The fourth-order valence-corrected chi connectivity index (χ4v) is 3.66. The summed E-state index contributed by atoms with van der Waals surface area (Å²) in [4.78, 5) is 23.4. The van der Waals surface area contributed by atoms with E-state index >= 15 is 0 Å². The Morgan fingerprint density at radius 3 is 2.72 bits per heavy atom. The van der Waals surface area contributed by atoms with E-state index in [2.05, 4.69) is 15.3 Å². The molecule has 7 heteroatoms. The van der Waals surface area contributed by atoms with Gasteiger partial charge in [0.2, 0.25) is 5.91 Å². The fourth-order valence-electron chi connectivity index (χ4n) is 3.66. The van der Waals surface area contributed by atoms with Crippen molar-refractivity contribution >= 4 is 11.7 Å². The maximum absolute atomic E-state index is 13.1. The standard InChI is InChI=1S/C18H28N4O3/c1-13-10-17(21-12-20-13)19-11-16(14-4-8-25-9-5-14)18(24)22-6-2-15(23)3-7-22/h10,12,14-16,23H,2-9,11H2,1H3,(H,19,20,21). The number of aromatic nitrogens is 2. The predicted molar refractivity (Wildman–Crippen MR) is 94.1 cm³/mol. The zero-order valence-electron chi connectivity index (χ0n) is 14.9. The van der Waals surface area contributed by atoms with E-state index in [1.54, 1.807) is 0 Å². The van der Waals surface area contributed by atoms with Gasteiger partial charge in [-0.15, -0.1) is 0 Å². The quantitative estimate of drug-likeness (QED) is 0.832. The summed E-state index contributed by atoms with van der Waals surface area (Å²) in [6.45, 7) is 5.23. The third-order valence-corrected chi connectivity index (χ3v) is 5.24. The van der Waals surface area contributed by atoms with Gasteiger partial charge in [-0.25, -0.2) is 9.97 Å². The topological polar surface area (TPSA) is 87.6 Å². The molecule has 2 aliphatic rings. The Morgan fingerprint density at radius 1 is 1.32 bits per heavy atom. The predicted octanol–water partition coefficient (Wildman–Crippen LogP) is 1.22. The van der Waals surface area contributed by atoms with Crippen molar-refractivity contribution < 1.29 is 14.6 Å². The Balaban J connectivity index is 1.67. The van der Waals surface area contributed by atoms with E-state index < -0.39 is 0 Å². The minimum absolute atomic E-state index is 0.0885. The Kier molecular flexibility index (Phi) is 6.20. The van der Waals surface area contributed by atoms with Gasteiger partial charge in [-0.2, -0.15) is 0 Å². The molecule has 1 amide bonds. The molecule has 25 heavy (non-hydrogen) atoms. The summed E-state index contributed by atoms with van der Waals surface area (Å²) in [6, 6.07) is 1.89. The number of amides is 1. The average molecular weight is 348 g/mol. The number of aryl methyl sites for hydroxylation is 1. The minimum Gasteiger partial charge on any atom is -0.393 e. The van der Waals surface area contributed by atoms with Crippen LogP contribution in [-0.4, -0.2) is 64.8 Å². The first kappa shape index (κ1) is 18.1. The Morgan fingerprint density at radius 2 is 2.04 bits per heavy atom. The molecule has 1 aromatic heterocycles. The molecule has 1 aromatic rings. The Bertz CT molecular complexity index is 569. The summed E-state index contributed by atoms with van der Waals surface area (Å²) < 4.78 is 5.47. The van der Waals surface area contributed by atoms with Crippen molar-refractivity contribution in [1.29, 1.82) is 0 Å². The number of ether oxygens (including phenoxy) is 1. The van der Waals surface area contributed by atoms with Crippen LogP contribution < -0.4 is 5.32 Å². The number of carbonyl (C=O) groups excluding carboxylic acids is 1. The van der Waals surface area contributed by atoms with Crippen LogP contribution in [0.15, 0.2) is 12.4 Å². The van der Waals surface area contributed by atoms with Crippen LogP contribution in [0.4, 0.5) is 5.82 Å². The summed E-state index contributed by atoms with van der Waals surface area (Å²) >= 11 is 0. The zero-order chi connectivity index (χ0) is 17.6. The first-order valence-electron chi connectivity index (χ1n) is 9.20. The molecule has 2 saturated heterocycles. The molecule has 2 aliphatic heterocycles. The Hall–Kier alpha value is -1.73. The smallest absolute Gasteiger partial charge is 0.227 e. The highest BCUT2D eigenvalue weighted by Crippen LogP contribution is 2.27. The van der Waals surface area contributed by atoms with Gasteiger partial charge in [0.1, 0.15) is 12.1 Å². The number of anilines is 1. The molecule has 2 fully saturated rings. The monoisotopic (exact) mass is 348 g/mol. The van der Waals surface area contributed by atoms with E-state index in [9.17, 15) is 9.90 Å². The van der Waals surface area contributed by atoms with Gasteiger partial charge < -0.3 is 20.1 Å². The number of nitrogens with zero attached hydrogens (tertiary/aromatic N) is 3. The second kappa shape index (κ2) is 8.58. The summed E-state index contributed by atoms with van der Waals surface area (Å²) in [5.74, 6) is 1.18. The van der Waals surface area contributed by atoms with E-state index in [-0.39, 0.29) is 17.9 Å². The van der Waals surface area contributed by atoms with Gasteiger partial charge in [-0.3, -0.25) is 4.79 Å². The van der Waals surface area contributed by atoms with E-state index in [0.717, 1.165) is 37.6 Å². The lowest BCUT2D eigenvalue weighted by Gasteiger charge is -2.36. The van der Waals surface area contributed by atoms with Gasteiger partial charge in [0.25, 0.3) is 0 Å². The number of likely N-dealkylation sites (tertiary alicyclic amines) is 1. The summed E-state index contributed by atoms with van der Waals surface area (Å²) in [5.41, 5.74) is 0.900. The molecule has 1 unspecified atom stereocenters. The molecule has 0 radical (unpaired) electrons. The zero-order valence-corrected chi connectivity index (χ0v) is 14.9. The second-order valence-electron chi connectivity index (χ2n) is 7.04. The van der Waals surface area contributed by atoms with Crippen molar-refractivity contribution in [3.63, 3.8) is 0 Å². The number of piperidine rings is 1. The molecular weight excluding hydrogens is 320 g/mol. The highest BCUT2D eigenvalue weighted by Gasteiger charge is 2.34. The van der Waals surface area contributed by atoms with Crippen LogP contribution in [0.5, 0.6) is 0 Å². The normalized spacial score (nSPS) is 21.1. The van der Waals surface area contributed by atoms with Crippen LogP contribution in [0, 0.1) is 18.8 Å². The van der Waals surface area contributed by atoms with Gasteiger partial charge in [0.15, 0.2) is 0 Å². The van der Waals surface area contributed by atoms with Gasteiger partial charge >= 0.3 is 0 Å². The number of aliphatic hydroxyl groups is 1. The summed E-state index contributed by atoms with van der Waals surface area (Å²) in [6.07, 6.45) is 4.44. The van der Waals surface area contributed by atoms with Crippen LogP contribution in [0.25, 0.3) is 0 Å². The van der Waals surface area contributed by atoms with E-state index in [1.807, 2.05) is 17.9 Å². The lowest BCUT2D eigenvalue weighted by atomic mass is 9.84. The van der Waals surface area contributed by atoms with Crippen LogP contribution in [0.2, 0.25) is 0 Å². The molecule has 1 atom stereocenters. The molecule has 0 aromatic carbocycles. The van der Waals surface area contributed by atoms with Crippen molar-refractivity contribution in [2.24, 2.45) is 11.8 Å². The van der Waals surface area contributed by atoms with Gasteiger partial charge in [0, 0.05) is 44.6 Å². The maximum atomic E-state index is 13.1. The third-order valence-electron chi connectivity index (χ3n) is 5.24. The van der Waals surface area contributed by atoms with Crippen molar-refractivity contribution in [2.45, 2.75) is 38.7 Å². The number of hydrogen-bond acceptors (Lipinski definition) is 6. The third kappa shape index (κ3) is 4.89. The molecular formula is C18H28N4O3. The SMILES string of the molecule is Cc1cc(NCC(C(=O)N2CCC(O)CC2)C2CCOCC2)ncn1. The van der Waals surface area contributed by atoms with Crippen LogP contribution in [0.1, 0.15) is 31.4 Å². The maximum Gasteiger partial charge on any atom is 0.227 e. The Labute approximate surface area is 148 Å². The van der Waals surface area contributed by atoms with Crippen molar-refractivity contribution in [3.05, 3.63) is 18.1 Å². The van der Waals surface area contributed by atoms with Crippen LogP contribution in [0.3, 0.4) is 0 Å². The number of hydrogen-bond donors (Lipinski definition) is 2. The first-order valence-corrected chi connectivity index (χ1v) is 9.20. The average Bonchev–Trinajstić information content (AvgIpc) is 2.63. The number of rotatable bonds is 5. The number of carbonyl (C=O) groups is 1. The fraction of sp³-hybridized carbons (Fsp3) is 0.722. The lowest BCUT2D eigenvalue weighted by Crippen LogP contribution is -2.47. The van der Waals surface area contributed by atoms with Gasteiger partial charge in [-0.05, 0) is 38.5 Å². The molecule has 0 aliphatic carbocycles. The molecule has 2 N–H and O–H groups in total. The molecule has 0 saturated carbocycles. The van der Waals surface area contributed by atoms with E-state index in [0.29, 0.717) is 38.4 Å². The summed E-state index contributed by atoms with van der Waals surface area (Å²) in [5, 5.41) is 13.0. The molecule has 138 valence electrons. The van der Waals surface area contributed by atoms with Crippen molar-refractivity contribution in [1.82, 2.24) is 14.9 Å². The molecule has 7 nitrogen and oxygen atoms in total. The minimum atomic E-state index is -0.271. The molecule has 0 bridgehead atoms. The lowest BCUT2D eigenvalue weighted by molar-refractivity contribution is -0.140. The molecule has 3 heterocycles. The highest BCUT2D eigenvalue weighted by atomic mass is 16.5. The van der Waals surface area contributed by atoms with Gasteiger partial charge in [-0.1, -0.05) is 0 Å². The van der Waals surface area contributed by atoms with Crippen molar-refractivity contribution in [2.75, 3.05) is 38.2 Å². The van der Waals surface area contributed by atoms with Crippen LogP contribution in [-0.2, 0) is 9.53 Å². The second-order valence-corrected chi connectivity index (χ2v) is 7.04. The van der Waals surface area contributed by atoms with E-state index in [1.165, 1.54) is 6.33 Å². The molecule has 3 rings (SSSR count). The molecule has 0 spiro atoms. The van der Waals surface area contributed by atoms with Gasteiger partial charge in [0.05, 0.1) is 12.0 Å². The number of nitrogens with one attached hydrogen (secondary N) is 1. The van der Waals surface area contributed by atoms with Crippen LogP contribution >= 0.6 is 0 Å².